The number of phenols is 1. The molecule has 0 amide bonds. The Kier molecular flexibility index (Phi) is 2.64. The highest BCUT2D eigenvalue weighted by atomic mass is 35.5. The largest absolute Gasteiger partial charge is 0.506 e. The summed E-state index contributed by atoms with van der Waals surface area (Å²) in [5.41, 5.74) is 1.32. The average Bonchev–Trinajstić information content (AvgIpc) is 2.76. The zero-order valence-electron chi connectivity index (χ0n) is 9.42. The molecule has 3 nitrogen and oxygen atoms in total. The maximum Gasteiger partial charge on any atom is 0.161 e. The van der Waals surface area contributed by atoms with Crippen LogP contribution < -0.4 is 0 Å². The quantitative estimate of drug-likeness (QED) is 0.711. The van der Waals surface area contributed by atoms with E-state index in [-0.39, 0.29) is 10.8 Å². The molecule has 2 aromatic carbocycles. The van der Waals surface area contributed by atoms with Crippen molar-refractivity contribution in [3.05, 3.63) is 47.0 Å². The van der Waals surface area contributed by atoms with Gasteiger partial charge in [-0.15, -0.1) is 0 Å². The van der Waals surface area contributed by atoms with Crippen molar-refractivity contribution in [2.24, 2.45) is 0 Å². The van der Waals surface area contributed by atoms with Gasteiger partial charge in [0.25, 0.3) is 0 Å². The summed E-state index contributed by atoms with van der Waals surface area (Å²) in [6, 6.07) is 6.61. The first-order valence-electron chi connectivity index (χ1n) is 5.38. The van der Waals surface area contributed by atoms with Crippen LogP contribution in [0.3, 0.4) is 0 Å². The molecule has 0 bridgehead atoms. The fourth-order valence-corrected chi connectivity index (χ4v) is 1.98. The lowest BCUT2D eigenvalue weighted by atomic mass is 10.2. The second-order valence-corrected chi connectivity index (χ2v) is 4.44. The number of nitrogens with one attached hydrogen (secondary N) is 1. The Labute approximate surface area is 111 Å². The Morgan fingerprint density at radius 3 is 2.58 bits per heavy atom. The molecule has 96 valence electrons. The van der Waals surface area contributed by atoms with Crippen molar-refractivity contribution >= 4 is 22.6 Å². The standard InChI is InChI=1S/C13H7ClF2N2O/c14-7-3-6(1-2-12(7)19)13-17-10-4-8(15)9(16)5-11(10)18-13/h1-5,19H,(H,17,18). The summed E-state index contributed by atoms with van der Waals surface area (Å²) in [4.78, 5) is 7.02. The van der Waals surface area contributed by atoms with Gasteiger partial charge in [0.1, 0.15) is 11.6 Å². The number of aromatic hydroxyl groups is 1. The first kappa shape index (κ1) is 11.9. The highest BCUT2D eigenvalue weighted by Gasteiger charge is 2.11. The van der Waals surface area contributed by atoms with E-state index in [0.717, 1.165) is 12.1 Å². The second-order valence-electron chi connectivity index (χ2n) is 4.04. The maximum absolute atomic E-state index is 13.1. The third kappa shape index (κ3) is 2.02. The summed E-state index contributed by atoms with van der Waals surface area (Å²) in [6.45, 7) is 0. The number of imidazole rings is 1. The van der Waals surface area contributed by atoms with Crippen LogP contribution in [-0.4, -0.2) is 15.1 Å². The monoisotopic (exact) mass is 280 g/mol. The van der Waals surface area contributed by atoms with E-state index >= 15 is 0 Å². The maximum atomic E-state index is 13.1. The lowest BCUT2D eigenvalue weighted by molar-refractivity contribution is 0.475. The molecule has 1 heterocycles. The van der Waals surface area contributed by atoms with Gasteiger partial charge in [-0.1, -0.05) is 11.6 Å². The molecule has 0 saturated heterocycles. The molecule has 0 atom stereocenters. The van der Waals surface area contributed by atoms with E-state index in [4.69, 9.17) is 11.6 Å². The minimum absolute atomic E-state index is 0.0429. The van der Waals surface area contributed by atoms with E-state index in [9.17, 15) is 13.9 Å². The number of aromatic nitrogens is 2. The van der Waals surface area contributed by atoms with Gasteiger partial charge in [0.15, 0.2) is 11.6 Å². The van der Waals surface area contributed by atoms with Crippen molar-refractivity contribution < 1.29 is 13.9 Å². The number of benzene rings is 2. The Hall–Kier alpha value is -2.14. The summed E-state index contributed by atoms with van der Waals surface area (Å²) in [5.74, 6) is -1.51. The number of aromatic amines is 1. The van der Waals surface area contributed by atoms with E-state index in [1.165, 1.54) is 12.1 Å². The minimum atomic E-state index is -0.950. The lowest BCUT2D eigenvalue weighted by Gasteiger charge is -1.99. The average molecular weight is 281 g/mol. The number of H-pyrrole nitrogens is 1. The molecule has 6 heteroatoms. The SMILES string of the molecule is Oc1ccc(-c2nc3cc(F)c(F)cc3[nH]2)cc1Cl. The first-order valence-corrected chi connectivity index (χ1v) is 5.76. The van der Waals surface area contributed by atoms with Crippen molar-refractivity contribution in [2.45, 2.75) is 0 Å². The molecule has 0 fully saturated rings. The number of hydrogen-bond acceptors (Lipinski definition) is 2. The zero-order chi connectivity index (χ0) is 13.6. The van der Waals surface area contributed by atoms with Gasteiger partial charge in [0.2, 0.25) is 0 Å². The summed E-state index contributed by atoms with van der Waals surface area (Å²) in [7, 11) is 0. The number of fused-ring (bicyclic) bond motifs is 1. The molecule has 3 rings (SSSR count). The van der Waals surface area contributed by atoms with Crippen LogP contribution in [0.15, 0.2) is 30.3 Å². The first-order chi connectivity index (χ1) is 9.04. The molecule has 0 aliphatic heterocycles. The van der Waals surface area contributed by atoms with Crippen molar-refractivity contribution in [3.63, 3.8) is 0 Å². The van der Waals surface area contributed by atoms with Crippen molar-refractivity contribution in [2.75, 3.05) is 0 Å². The predicted octanol–water partition coefficient (Wildman–Crippen LogP) is 3.87. The Balaban J connectivity index is 2.17. The van der Waals surface area contributed by atoms with Crippen molar-refractivity contribution in [3.8, 4) is 17.1 Å². The van der Waals surface area contributed by atoms with E-state index in [1.807, 2.05) is 0 Å². The highest BCUT2D eigenvalue weighted by molar-refractivity contribution is 6.32. The molecule has 0 radical (unpaired) electrons. The Morgan fingerprint density at radius 1 is 1.11 bits per heavy atom. The van der Waals surface area contributed by atoms with Gasteiger partial charge >= 0.3 is 0 Å². The van der Waals surface area contributed by atoms with Crippen molar-refractivity contribution in [1.82, 2.24) is 9.97 Å². The molecule has 0 spiro atoms. The van der Waals surface area contributed by atoms with Crippen molar-refractivity contribution in [1.29, 1.82) is 0 Å². The van der Waals surface area contributed by atoms with Crippen LogP contribution in [0.4, 0.5) is 8.78 Å². The lowest BCUT2D eigenvalue weighted by Crippen LogP contribution is -1.82. The second kappa shape index (κ2) is 4.20. The van der Waals surface area contributed by atoms with Gasteiger partial charge in [-0.3, -0.25) is 0 Å². The van der Waals surface area contributed by atoms with E-state index in [0.29, 0.717) is 22.4 Å². The molecular weight excluding hydrogens is 274 g/mol. The van der Waals surface area contributed by atoms with Crippen LogP contribution in [0, 0.1) is 11.6 Å². The summed E-state index contributed by atoms with van der Waals surface area (Å²) < 4.78 is 26.2. The predicted molar refractivity (Wildman–Crippen MR) is 68.1 cm³/mol. The number of nitrogens with zero attached hydrogens (tertiary/aromatic N) is 1. The number of rotatable bonds is 1. The molecular formula is C13H7ClF2N2O. The number of halogens is 3. The van der Waals surface area contributed by atoms with Crippen LogP contribution in [0.5, 0.6) is 5.75 Å². The fourth-order valence-electron chi connectivity index (χ4n) is 1.80. The number of hydrogen-bond donors (Lipinski definition) is 2. The van der Waals surface area contributed by atoms with E-state index in [2.05, 4.69) is 9.97 Å². The van der Waals surface area contributed by atoms with Crippen LogP contribution in [0.1, 0.15) is 0 Å². The topological polar surface area (TPSA) is 48.9 Å². The third-order valence-electron chi connectivity index (χ3n) is 2.75. The molecule has 19 heavy (non-hydrogen) atoms. The Bertz CT molecular complexity index is 747. The van der Waals surface area contributed by atoms with Gasteiger partial charge in [-0.2, -0.15) is 0 Å². The molecule has 0 unspecified atom stereocenters. The summed E-state index contributed by atoms with van der Waals surface area (Å²) in [6.07, 6.45) is 0. The van der Waals surface area contributed by atoms with Gasteiger partial charge in [0, 0.05) is 17.7 Å². The van der Waals surface area contributed by atoms with Crippen LogP contribution in [-0.2, 0) is 0 Å². The Morgan fingerprint density at radius 2 is 1.84 bits per heavy atom. The smallest absolute Gasteiger partial charge is 0.161 e. The van der Waals surface area contributed by atoms with E-state index in [1.54, 1.807) is 6.07 Å². The molecule has 0 aliphatic rings. The zero-order valence-corrected chi connectivity index (χ0v) is 10.2. The molecule has 2 N–H and O–H groups in total. The van der Waals surface area contributed by atoms with Crippen LogP contribution in [0.25, 0.3) is 22.4 Å². The van der Waals surface area contributed by atoms with Gasteiger partial charge in [0.05, 0.1) is 16.1 Å². The minimum Gasteiger partial charge on any atom is -0.506 e. The summed E-state index contributed by atoms with van der Waals surface area (Å²) >= 11 is 5.80. The van der Waals surface area contributed by atoms with Crippen LogP contribution >= 0.6 is 11.6 Å². The van der Waals surface area contributed by atoms with Crippen LogP contribution in [0.2, 0.25) is 5.02 Å². The fraction of sp³-hybridized carbons (Fsp3) is 0. The van der Waals surface area contributed by atoms with Gasteiger partial charge < -0.3 is 10.1 Å². The highest BCUT2D eigenvalue weighted by Crippen LogP contribution is 2.29. The number of phenolic OH excluding ortho intramolecular Hbond substituents is 1. The normalized spacial score (nSPS) is 11.1. The van der Waals surface area contributed by atoms with E-state index < -0.39 is 11.6 Å². The molecule has 0 aliphatic carbocycles. The third-order valence-corrected chi connectivity index (χ3v) is 3.05. The molecule has 3 aromatic rings. The molecule has 1 aromatic heterocycles. The molecule has 0 saturated carbocycles. The summed E-state index contributed by atoms with van der Waals surface area (Å²) in [5, 5.41) is 9.52. The van der Waals surface area contributed by atoms with Gasteiger partial charge in [-0.05, 0) is 18.2 Å². The van der Waals surface area contributed by atoms with Gasteiger partial charge in [-0.25, -0.2) is 13.8 Å².